The molecule has 0 spiro atoms. The molecule has 2 aromatic rings. The molecule has 0 saturated heterocycles. The first-order chi connectivity index (χ1) is 7.45. The Morgan fingerprint density at radius 3 is 2.47 bits per heavy atom. The number of fused-ring (bicyclic) bond motifs is 1. The monoisotopic (exact) mass is 196 g/mol. The summed E-state index contributed by atoms with van der Waals surface area (Å²) in [5.74, 6) is 0. The minimum absolute atomic E-state index is 0.127. The molecule has 1 aliphatic heterocycles. The van der Waals surface area contributed by atoms with Crippen LogP contribution in [0.25, 0.3) is 0 Å². The minimum atomic E-state index is 0.127. The molecule has 0 amide bonds. The van der Waals surface area contributed by atoms with Gasteiger partial charge in [0.2, 0.25) is 0 Å². The van der Waals surface area contributed by atoms with Crippen molar-refractivity contribution in [1.82, 2.24) is 0 Å². The first-order valence-corrected chi connectivity index (χ1v) is 5.19. The summed E-state index contributed by atoms with van der Waals surface area (Å²) in [5.41, 5.74) is 3.86. The van der Waals surface area contributed by atoms with Gasteiger partial charge in [0.05, 0.1) is 6.61 Å². The number of ether oxygens (including phenoxy) is 1. The van der Waals surface area contributed by atoms with E-state index in [2.05, 4.69) is 48.5 Å². The highest BCUT2D eigenvalue weighted by molar-refractivity contribution is 5.38. The van der Waals surface area contributed by atoms with Crippen molar-refractivity contribution in [3.05, 3.63) is 71.3 Å². The lowest BCUT2D eigenvalue weighted by atomic mass is 10.00. The lowest BCUT2D eigenvalue weighted by molar-refractivity contribution is 0.0939. The van der Waals surface area contributed by atoms with Crippen LogP contribution in [0.2, 0.25) is 0 Å². The third kappa shape index (κ3) is 1.45. The third-order valence-corrected chi connectivity index (χ3v) is 2.85. The second kappa shape index (κ2) is 3.52. The molecule has 0 N–H and O–H groups in total. The van der Waals surface area contributed by atoms with Crippen molar-refractivity contribution in [3.63, 3.8) is 0 Å². The van der Waals surface area contributed by atoms with Crippen molar-refractivity contribution in [2.24, 2.45) is 0 Å². The summed E-state index contributed by atoms with van der Waals surface area (Å²) in [5, 5.41) is 0. The van der Waals surface area contributed by atoms with Gasteiger partial charge in [0.25, 0.3) is 0 Å². The molecule has 1 heterocycles. The quantitative estimate of drug-likeness (QED) is 0.680. The first-order valence-electron chi connectivity index (χ1n) is 5.19. The fraction of sp³-hybridized carbons (Fsp3) is 0.143. The van der Waals surface area contributed by atoms with Gasteiger partial charge in [-0.3, -0.25) is 0 Å². The Morgan fingerprint density at radius 2 is 1.60 bits per heavy atom. The van der Waals surface area contributed by atoms with E-state index in [0.29, 0.717) is 0 Å². The Bertz CT molecular complexity index is 462. The maximum atomic E-state index is 5.81. The van der Waals surface area contributed by atoms with Crippen LogP contribution < -0.4 is 0 Å². The number of benzene rings is 2. The molecule has 0 saturated carbocycles. The Kier molecular flexibility index (Phi) is 2.04. The standard InChI is InChI=1S/C14H12O/c1-2-6-11(7-3-1)14-13-9-5-4-8-12(13)10-15-14/h1-9,14H,10H2. The van der Waals surface area contributed by atoms with Crippen LogP contribution in [-0.4, -0.2) is 0 Å². The van der Waals surface area contributed by atoms with Crippen LogP contribution in [0.5, 0.6) is 0 Å². The molecule has 0 radical (unpaired) electrons. The lowest BCUT2D eigenvalue weighted by Gasteiger charge is -2.10. The van der Waals surface area contributed by atoms with Crippen LogP contribution in [0.3, 0.4) is 0 Å². The van der Waals surface area contributed by atoms with Gasteiger partial charge in [-0.1, -0.05) is 54.6 Å². The predicted octanol–water partition coefficient (Wildman–Crippen LogP) is 3.31. The molecule has 1 nitrogen and oxygen atoms in total. The van der Waals surface area contributed by atoms with Crippen molar-refractivity contribution in [2.75, 3.05) is 0 Å². The molecule has 74 valence electrons. The fourth-order valence-corrected chi connectivity index (χ4v) is 2.09. The summed E-state index contributed by atoms with van der Waals surface area (Å²) in [7, 11) is 0. The largest absolute Gasteiger partial charge is 0.364 e. The molecule has 3 rings (SSSR count). The number of hydrogen-bond donors (Lipinski definition) is 0. The normalized spacial score (nSPS) is 18.8. The third-order valence-electron chi connectivity index (χ3n) is 2.85. The smallest absolute Gasteiger partial charge is 0.108 e. The molecular weight excluding hydrogens is 184 g/mol. The van der Waals surface area contributed by atoms with Crippen LogP contribution in [0.1, 0.15) is 22.8 Å². The summed E-state index contributed by atoms with van der Waals surface area (Å²) in [4.78, 5) is 0. The average Bonchev–Trinajstić information content (AvgIpc) is 2.74. The molecule has 0 bridgehead atoms. The molecule has 1 unspecified atom stereocenters. The lowest BCUT2D eigenvalue weighted by Crippen LogP contribution is -1.97. The predicted molar refractivity (Wildman–Crippen MR) is 59.5 cm³/mol. The number of rotatable bonds is 1. The molecule has 1 aliphatic rings. The van der Waals surface area contributed by atoms with Crippen molar-refractivity contribution >= 4 is 0 Å². The van der Waals surface area contributed by atoms with Gasteiger partial charge in [0, 0.05) is 0 Å². The Morgan fingerprint density at radius 1 is 0.867 bits per heavy atom. The van der Waals surface area contributed by atoms with E-state index in [4.69, 9.17) is 4.74 Å². The van der Waals surface area contributed by atoms with Gasteiger partial charge in [0.15, 0.2) is 0 Å². The van der Waals surface area contributed by atoms with Gasteiger partial charge in [-0.15, -0.1) is 0 Å². The molecule has 1 atom stereocenters. The molecule has 0 aromatic heterocycles. The average molecular weight is 196 g/mol. The SMILES string of the molecule is c1ccc(C2OCc3ccccc32)cc1. The van der Waals surface area contributed by atoms with Crippen LogP contribution in [0, 0.1) is 0 Å². The maximum Gasteiger partial charge on any atom is 0.108 e. The Hall–Kier alpha value is -1.60. The van der Waals surface area contributed by atoms with Crippen molar-refractivity contribution in [2.45, 2.75) is 12.7 Å². The van der Waals surface area contributed by atoms with Crippen molar-refractivity contribution in [1.29, 1.82) is 0 Å². The van der Waals surface area contributed by atoms with Gasteiger partial charge < -0.3 is 4.74 Å². The highest BCUT2D eigenvalue weighted by Gasteiger charge is 2.23. The topological polar surface area (TPSA) is 9.23 Å². The minimum Gasteiger partial charge on any atom is -0.364 e. The molecule has 0 aliphatic carbocycles. The summed E-state index contributed by atoms with van der Waals surface area (Å²) >= 11 is 0. The van der Waals surface area contributed by atoms with Crippen LogP contribution in [0.4, 0.5) is 0 Å². The molecule has 2 aromatic carbocycles. The maximum absolute atomic E-state index is 5.81. The highest BCUT2D eigenvalue weighted by atomic mass is 16.5. The van der Waals surface area contributed by atoms with E-state index in [-0.39, 0.29) is 6.10 Å². The second-order valence-electron chi connectivity index (χ2n) is 3.80. The zero-order valence-corrected chi connectivity index (χ0v) is 8.39. The van der Waals surface area contributed by atoms with Crippen LogP contribution >= 0.6 is 0 Å². The van der Waals surface area contributed by atoms with E-state index in [0.717, 1.165) is 6.61 Å². The van der Waals surface area contributed by atoms with Gasteiger partial charge in [-0.2, -0.15) is 0 Å². The van der Waals surface area contributed by atoms with E-state index in [9.17, 15) is 0 Å². The fourth-order valence-electron chi connectivity index (χ4n) is 2.09. The van der Waals surface area contributed by atoms with Gasteiger partial charge in [0.1, 0.15) is 6.10 Å². The van der Waals surface area contributed by atoms with Gasteiger partial charge >= 0.3 is 0 Å². The number of hydrogen-bond acceptors (Lipinski definition) is 1. The van der Waals surface area contributed by atoms with E-state index < -0.39 is 0 Å². The van der Waals surface area contributed by atoms with E-state index in [1.807, 2.05) is 6.07 Å². The van der Waals surface area contributed by atoms with Crippen molar-refractivity contribution in [3.8, 4) is 0 Å². The molecule has 0 fully saturated rings. The highest BCUT2D eigenvalue weighted by Crippen LogP contribution is 2.35. The molecule has 15 heavy (non-hydrogen) atoms. The Balaban J connectivity index is 2.05. The first kappa shape index (κ1) is 8.69. The molecule has 1 heteroatoms. The van der Waals surface area contributed by atoms with Crippen molar-refractivity contribution < 1.29 is 4.74 Å². The summed E-state index contributed by atoms with van der Waals surface area (Å²) in [6.45, 7) is 0.732. The zero-order chi connectivity index (χ0) is 10.1. The summed E-state index contributed by atoms with van der Waals surface area (Å²) in [6, 6.07) is 18.8. The Labute approximate surface area is 89.3 Å². The van der Waals surface area contributed by atoms with Crippen LogP contribution in [0.15, 0.2) is 54.6 Å². The molecular formula is C14H12O. The van der Waals surface area contributed by atoms with Crippen LogP contribution in [-0.2, 0) is 11.3 Å². The van der Waals surface area contributed by atoms with E-state index in [1.165, 1.54) is 16.7 Å². The zero-order valence-electron chi connectivity index (χ0n) is 8.39. The van der Waals surface area contributed by atoms with Gasteiger partial charge in [-0.25, -0.2) is 0 Å². The van der Waals surface area contributed by atoms with E-state index in [1.54, 1.807) is 0 Å². The second-order valence-corrected chi connectivity index (χ2v) is 3.80. The summed E-state index contributed by atoms with van der Waals surface area (Å²) < 4.78 is 5.81. The summed E-state index contributed by atoms with van der Waals surface area (Å²) in [6.07, 6.45) is 0.127. The van der Waals surface area contributed by atoms with Gasteiger partial charge in [-0.05, 0) is 16.7 Å². The van der Waals surface area contributed by atoms with E-state index >= 15 is 0 Å².